The van der Waals surface area contributed by atoms with Gasteiger partial charge in [0.05, 0.1) is 0 Å². The van der Waals surface area contributed by atoms with Crippen molar-refractivity contribution in [2.24, 2.45) is 7.05 Å². The Hall–Kier alpha value is -1.41. The van der Waals surface area contributed by atoms with Crippen molar-refractivity contribution < 1.29 is 0 Å². The Bertz CT molecular complexity index is 585. The number of rotatable bonds is 5. The highest BCUT2D eigenvalue weighted by atomic mass is 32.2. The Labute approximate surface area is 128 Å². The zero-order valence-electron chi connectivity index (χ0n) is 12.5. The minimum Gasteiger partial charge on any atom is -0.317 e. The van der Waals surface area contributed by atoms with Gasteiger partial charge in [-0.05, 0) is 26.3 Å². The number of thioether (sulfide) groups is 1. The van der Waals surface area contributed by atoms with E-state index in [2.05, 4.69) is 41.9 Å². The maximum atomic E-state index is 4.39. The van der Waals surface area contributed by atoms with Crippen LogP contribution < -0.4 is 5.32 Å². The third-order valence-electron chi connectivity index (χ3n) is 3.90. The average molecular weight is 307 g/mol. The predicted octanol–water partition coefficient (Wildman–Crippen LogP) is 0.974. The van der Waals surface area contributed by atoms with Crippen LogP contribution in [0.15, 0.2) is 11.5 Å². The molecule has 1 fully saturated rings. The second-order valence-corrected chi connectivity index (χ2v) is 6.43. The van der Waals surface area contributed by atoms with E-state index in [1.54, 1.807) is 18.1 Å². The van der Waals surface area contributed by atoms with Crippen molar-refractivity contribution in [2.45, 2.75) is 37.4 Å². The lowest BCUT2D eigenvalue weighted by molar-refractivity contribution is 0.436. The van der Waals surface area contributed by atoms with Crippen molar-refractivity contribution in [3.8, 4) is 0 Å². The van der Waals surface area contributed by atoms with Gasteiger partial charge >= 0.3 is 0 Å². The first kappa shape index (κ1) is 14.5. The summed E-state index contributed by atoms with van der Waals surface area (Å²) in [7, 11) is 2.07. The van der Waals surface area contributed by atoms with Gasteiger partial charge in [-0.15, -0.1) is 20.4 Å². The van der Waals surface area contributed by atoms with Crippen LogP contribution in [-0.4, -0.2) is 48.4 Å². The summed E-state index contributed by atoms with van der Waals surface area (Å²) in [6.07, 6.45) is 4.18. The highest BCUT2D eigenvalue weighted by Crippen LogP contribution is 2.24. The summed E-state index contributed by atoms with van der Waals surface area (Å²) in [5.74, 6) is 3.48. The van der Waals surface area contributed by atoms with Crippen molar-refractivity contribution in [1.29, 1.82) is 0 Å². The molecule has 0 bridgehead atoms. The molecule has 3 rings (SSSR count). The molecule has 0 aliphatic carbocycles. The zero-order valence-corrected chi connectivity index (χ0v) is 13.3. The lowest BCUT2D eigenvalue weighted by Crippen LogP contribution is -2.29. The number of hydrogen-bond donors (Lipinski definition) is 1. The molecule has 1 saturated heterocycles. The second kappa shape index (κ2) is 6.57. The summed E-state index contributed by atoms with van der Waals surface area (Å²) >= 11 is 1.73. The SMILES string of the molecule is Cc1nncn1CCSc1nnc([C@H]2CCCNC2)n1C. The smallest absolute Gasteiger partial charge is 0.191 e. The van der Waals surface area contributed by atoms with Crippen LogP contribution in [0.25, 0.3) is 0 Å². The number of aromatic nitrogens is 6. The Morgan fingerprint density at radius 1 is 1.38 bits per heavy atom. The van der Waals surface area contributed by atoms with Gasteiger partial charge in [-0.1, -0.05) is 11.8 Å². The minimum absolute atomic E-state index is 0.491. The third kappa shape index (κ3) is 3.26. The van der Waals surface area contributed by atoms with Crippen molar-refractivity contribution >= 4 is 11.8 Å². The molecule has 0 radical (unpaired) electrons. The van der Waals surface area contributed by atoms with E-state index < -0.39 is 0 Å². The van der Waals surface area contributed by atoms with Crippen molar-refractivity contribution in [1.82, 2.24) is 34.8 Å². The highest BCUT2D eigenvalue weighted by molar-refractivity contribution is 7.99. The van der Waals surface area contributed by atoms with E-state index in [0.717, 1.165) is 42.2 Å². The normalized spacial score (nSPS) is 19.0. The van der Waals surface area contributed by atoms with Crippen LogP contribution in [-0.2, 0) is 13.6 Å². The van der Waals surface area contributed by atoms with E-state index >= 15 is 0 Å². The van der Waals surface area contributed by atoms with Crippen LogP contribution in [0.3, 0.4) is 0 Å². The maximum Gasteiger partial charge on any atom is 0.191 e. The van der Waals surface area contributed by atoms with Crippen LogP contribution in [0.4, 0.5) is 0 Å². The number of hydrogen-bond acceptors (Lipinski definition) is 6. The number of nitrogens with one attached hydrogen (secondary N) is 1. The molecule has 0 unspecified atom stereocenters. The molecule has 1 N–H and O–H groups in total. The molecular formula is C13H21N7S. The van der Waals surface area contributed by atoms with Gasteiger partial charge in [0.25, 0.3) is 0 Å². The summed E-state index contributed by atoms with van der Waals surface area (Å²) < 4.78 is 4.19. The van der Waals surface area contributed by atoms with Crippen molar-refractivity contribution in [3.63, 3.8) is 0 Å². The molecule has 7 nitrogen and oxygen atoms in total. The van der Waals surface area contributed by atoms with Gasteiger partial charge in [0.15, 0.2) is 5.16 Å². The maximum absolute atomic E-state index is 4.39. The van der Waals surface area contributed by atoms with Gasteiger partial charge in [-0.25, -0.2) is 0 Å². The quantitative estimate of drug-likeness (QED) is 0.830. The summed E-state index contributed by atoms with van der Waals surface area (Å²) in [6, 6.07) is 0. The fraction of sp³-hybridized carbons (Fsp3) is 0.692. The number of aryl methyl sites for hydroxylation is 2. The lowest BCUT2D eigenvalue weighted by atomic mass is 9.99. The molecule has 0 spiro atoms. The van der Waals surface area contributed by atoms with Gasteiger partial charge in [-0.3, -0.25) is 0 Å². The first-order valence-corrected chi connectivity index (χ1v) is 8.31. The van der Waals surface area contributed by atoms with E-state index in [4.69, 9.17) is 0 Å². The second-order valence-electron chi connectivity index (χ2n) is 5.36. The fourth-order valence-electron chi connectivity index (χ4n) is 2.65. The molecule has 2 aromatic heterocycles. The van der Waals surface area contributed by atoms with Crippen molar-refractivity contribution in [2.75, 3.05) is 18.8 Å². The van der Waals surface area contributed by atoms with Crippen molar-refractivity contribution in [3.05, 3.63) is 18.0 Å². The van der Waals surface area contributed by atoms with E-state index in [1.807, 2.05) is 6.92 Å². The van der Waals surface area contributed by atoms with Gasteiger partial charge < -0.3 is 14.5 Å². The first-order chi connectivity index (χ1) is 10.3. The molecule has 114 valence electrons. The molecule has 1 aliphatic heterocycles. The van der Waals surface area contributed by atoms with Gasteiger partial charge in [0.2, 0.25) is 0 Å². The van der Waals surface area contributed by atoms with Crippen LogP contribution in [0.2, 0.25) is 0 Å². The number of piperidine rings is 1. The van der Waals surface area contributed by atoms with E-state index in [9.17, 15) is 0 Å². The average Bonchev–Trinajstić information content (AvgIpc) is 3.07. The van der Waals surface area contributed by atoms with Gasteiger partial charge in [0, 0.05) is 31.8 Å². The monoisotopic (exact) mass is 307 g/mol. The molecule has 8 heteroatoms. The molecule has 1 aliphatic rings. The Balaban J connectivity index is 1.58. The molecule has 0 saturated carbocycles. The molecule has 3 heterocycles. The molecule has 2 aromatic rings. The van der Waals surface area contributed by atoms with Crippen LogP contribution in [0.1, 0.15) is 30.4 Å². The molecule has 1 atom stereocenters. The van der Waals surface area contributed by atoms with Crippen LogP contribution in [0, 0.1) is 6.92 Å². The van der Waals surface area contributed by atoms with E-state index in [-0.39, 0.29) is 0 Å². The Kier molecular flexibility index (Phi) is 4.54. The third-order valence-corrected chi connectivity index (χ3v) is 4.90. The minimum atomic E-state index is 0.491. The predicted molar refractivity (Wildman–Crippen MR) is 81.3 cm³/mol. The summed E-state index contributed by atoms with van der Waals surface area (Å²) in [4.78, 5) is 0. The fourth-order valence-corrected chi connectivity index (χ4v) is 3.50. The van der Waals surface area contributed by atoms with E-state index in [0.29, 0.717) is 5.92 Å². The standard InChI is InChI=1S/C13H21N7S/c1-10-16-15-9-20(10)6-7-21-13-18-17-12(19(13)2)11-4-3-5-14-8-11/h9,11,14H,3-8H2,1-2H3/t11-/m0/s1. The zero-order chi connectivity index (χ0) is 14.7. The van der Waals surface area contributed by atoms with Gasteiger partial charge in [0.1, 0.15) is 18.0 Å². The van der Waals surface area contributed by atoms with Crippen LogP contribution in [0.5, 0.6) is 0 Å². The summed E-state index contributed by atoms with van der Waals surface area (Å²) in [5, 5.41) is 21.0. The first-order valence-electron chi connectivity index (χ1n) is 7.33. The summed E-state index contributed by atoms with van der Waals surface area (Å²) in [5.41, 5.74) is 0. The highest BCUT2D eigenvalue weighted by Gasteiger charge is 2.21. The lowest BCUT2D eigenvalue weighted by Gasteiger charge is -2.21. The Morgan fingerprint density at radius 3 is 3.00 bits per heavy atom. The largest absolute Gasteiger partial charge is 0.317 e. The molecular weight excluding hydrogens is 286 g/mol. The molecule has 0 amide bonds. The molecule has 21 heavy (non-hydrogen) atoms. The van der Waals surface area contributed by atoms with Crippen LogP contribution >= 0.6 is 11.8 Å². The number of nitrogens with zero attached hydrogens (tertiary/aromatic N) is 6. The topological polar surface area (TPSA) is 73.4 Å². The molecule has 0 aromatic carbocycles. The van der Waals surface area contributed by atoms with Gasteiger partial charge in [-0.2, -0.15) is 0 Å². The Morgan fingerprint density at radius 2 is 2.29 bits per heavy atom. The summed E-state index contributed by atoms with van der Waals surface area (Å²) in [6.45, 7) is 4.98. The van der Waals surface area contributed by atoms with E-state index in [1.165, 1.54) is 12.8 Å².